The van der Waals surface area contributed by atoms with Gasteiger partial charge in [-0.05, 0) is 61.7 Å². The van der Waals surface area contributed by atoms with Crippen LogP contribution in [0.3, 0.4) is 0 Å². The molecule has 0 radical (unpaired) electrons. The van der Waals surface area contributed by atoms with Gasteiger partial charge in [0.15, 0.2) is 12.4 Å². The van der Waals surface area contributed by atoms with E-state index >= 15 is 0 Å². The lowest BCUT2D eigenvalue weighted by Crippen LogP contribution is -2.51. The SMILES string of the molecule is O=C(COC(=O)CCC(=O)c1ccccc1)NCC12CC3CC(CC(C3)C1)C2. The third kappa shape index (κ3) is 4.45. The summed E-state index contributed by atoms with van der Waals surface area (Å²) in [6.07, 6.45) is 7.95. The molecule has 0 heterocycles. The second-order valence-electron chi connectivity index (χ2n) is 9.14. The summed E-state index contributed by atoms with van der Waals surface area (Å²) in [5, 5.41) is 3.00. The minimum Gasteiger partial charge on any atom is -0.456 e. The second kappa shape index (κ2) is 8.06. The molecular weight excluding hydrogens is 354 g/mol. The number of ketones is 1. The normalized spacial score (nSPS) is 30.1. The van der Waals surface area contributed by atoms with Gasteiger partial charge in [-0.1, -0.05) is 30.3 Å². The zero-order valence-corrected chi connectivity index (χ0v) is 16.3. The number of rotatable bonds is 8. The van der Waals surface area contributed by atoms with Crippen molar-refractivity contribution in [1.82, 2.24) is 5.32 Å². The predicted molar refractivity (Wildman–Crippen MR) is 105 cm³/mol. The summed E-state index contributed by atoms with van der Waals surface area (Å²) in [4.78, 5) is 36.0. The number of nitrogens with one attached hydrogen (secondary N) is 1. The van der Waals surface area contributed by atoms with E-state index < -0.39 is 5.97 Å². The van der Waals surface area contributed by atoms with Gasteiger partial charge in [0.2, 0.25) is 0 Å². The summed E-state index contributed by atoms with van der Waals surface area (Å²) < 4.78 is 5.06. The topological polar surface area (TPSA) is 72.5 Å². The van der Waals surface area contributed by atoms with E-state index in [4.69, 9.17) is 4.74 Å². The molecule has 0 atom stereocenters. The first-order chi connectivity index (χ1) is 13.5. The Morgan fingerprint density at radius 1 is 0.929 bits per heavy atom. The molecule has 4 aliphatic carbocycles. The van der Waals surface area contributed by atoms with Crippen LogP contribution < -0.4 is 5.32 Å². The lowest BCUT2D eigenvalue weighted by molar-refractivity contribution is -0.148. The minimum atomic E-state index is -0.505. The van der Waals surface area contributed by atoms with Gasteiger partial charge < -0.3 is 10.1 Å². The molecule has 5 heteroatoms. The first-order valence-electron chi connectivity index (χ1n) is 10.5. The average molecular weight is 383 g/mol. The Morgan fingerprint density at radius 2 is 1.54 bits per heavy atom. The molecule has 1 aromatic carbocycles. The van der Waals surface area contributed by atoms with Crippen LogP contribution in [0.15, 0.2) is 30.3 Å². The number of Topliss-reactive ketones (excluding diaryl/α,β-unsaturated/α-hetero) is 1. The molecule has 1 N–H and O–H groups in total. The lowest BCUT2D eigenvalue weighted by atomic mass is 9.49. The van der Waals surface area contributed by atoms with Crippen molar-refractivity contribution < 1.29 is 19.1 Å². The Hall–Kier alpha value is -2.17. The Balaban J connectivity index is 1.16. The summed E-state index contributed by atoms with van der Waals surface area (Å²) >= 11 is 0. The standard InChI is InChI=1S/C23H29NO4/c25-20(19-4-2-1-3-5-19)6-7-22(27)28-14-21(26)24-15-23-11-16-8-17(12-23)10-18(9-16)13-23/h1-5,16-18H,6-15H2,(H,24,26). The molecule has 150 valence electrons. The van der Waals surface area contributed by atoms with E-state index in [9.17, 15) is 14.4 Å². The van der Waals surface area contributed by atoms with E-state index in [1.165, 1.54) is 38.5 Å². The zero-order chi connectivity index (χ0) is 19.6. The molecule has 0 spiro atoms. The average Bonchev–Trinajstić information content (AvgIpc) is 2.68. The number of amides is 1. The van der Waals surface area contributed by atoms with Crippen molar-refractivity contribution in [1.29, 1.82) is 0 Å². The fraction of sp³-hybridized carbons (Fsp3) is 0.609. The van der Waals surface area contributed by atoms with Crippen molar-refractivity contribution in [2.45, 2.75) is 51.4 Å². The molecule has 4 bridgehead atoms. The predicted octanol–water partition coefficient (Wildman–Crippen LogP) is 3.53. The molecule has 28 heavy (non-hydrogen) atoms. The molecular formula is C23H29NO4. The molecule has 4 fully saturated rings. The van der Waals surface area contributed by atoms with Gasteiger partial charge in [0.1, 0.15) is 0 Å². The number of hydrogen-bond acceptors (Lipinski definition) is 4. The first kappa shape index (κ1) is 19.2. The molecule has 0 aromatic heterocycles. The maximum Gasteiger partial charge on any atom is 0.306 e. The van der Waals surface area contributed by atoms with E-state index in [2.05, 4.69) is 5.32 Å². The van der Waals surface area contributed by atoms with Crippen LogP contribution in [0.2, 0.25) is 0 Å². The van der Waals surface area contributed by atoms with Gasteiger partial charge in [0.05, 0.1) is 6.42 Å². The van der Waals surface area contributed by atoms with Crippen molar-refractivity contribution in [3.8, 4) is 0 Å². The molecule has 0 saturated heterocycles. The number of carbonyl (C=O) groups excluding carboxylic acids is 3. The summed E-state index contributed by atoms with van der Waals surface area (Å²) in [6.45, 7) is 0.449. The molecule has 0 unspecified atom stereocenters. The van der Waals surface area contributed by atoms with Crippen molar-refractivity contribution in [2.75, 3.05) is 13.2 Å². The Bertz CT molecular complexity index is 707. The number of carbonyl (C=O) groups is 3. The summed E-state index contributed by atoms with van der Waals surface area (Å²) in [5.74, 6) is 1.71. The summed E-state index contributed by atoms with van der Waals surface area (Å²) in [5.41, 5.74) is 0.861. The maximum absolute atomic E-state index is 12.1. The highest BCUT2D eigenvalue weighted by Crippen LogP contribution is 2.59. The largest absolute Gasteiger partial charge is 0.456 e. The van der Waals surface area contributed by atoms with Gasteiger partial charge in [-0.3, -0.25) is 14.4 Å². The van der Waals surface area contributed by atoms with Crippen molar-refractivity contribution >= 4 is 17.7 Å². The van der Waals surface area contributed by atoms with Crippen LogP contribution in [-0.2, 0) is 14.3 Å². The van der Waals surface area contributed by atoms with Crippen LogP contribution in [0.1, 0.15) is 61.7 Å². The lowest BCUT2D eigenvalue weighted by Gasteiger charge is -2.56. The van der Waals surface area contributed by atoms with Gasteiger partial charge >= 0.3 is 5.97 Å². The molecule has 1 aromatic rings. The quantitative estimate of drug-likeness (QED) is 0.551. The molecule has 0 aliphatic heterocycles. The van der Waals surface area contributed by atoms with Crippen molar-refractivity contribution in [3.63, 3.8) is 0 Å². The molecule has 4 aliphatic rings. The van der Waals surface area contributed by atoms with E-state index in [0.29, 0.717) is 12.1 Å². The molecule has 5 nitrogen and oxygen atoms in total. The van der Waals surface area contributed by atoms with Gasteiger partial charge in [-0.2, -0.15) is 0 Å². The smallest absolute Gasteiger partial charge is 0.306 e. The molecule has 1 amide bonds. The van der Waals surface area contributed by atoms with Crippen LogP contribution >= 0.6 is 0 Å². The second-order valence-corrected chi connectivity index (χ2v) is 9.14. The number of ether oxygens (including phenoxy) is 1. The van der Waals surface area contributed by atoms with Crippen molar-refractivity contribution in [2.24, 2.45) is 23.2 Å². The van der Waals surface area contributed by atoms with Gasteiger partial charge in [-0.15, -0.1) is 0 Å². The van der Waals surface area contributed by atoms with Gasteiger partial charge in [0.25, 0.3) is 5.91 Å². The Morgan fingerprint density at radius 3 is 2.14 bits per heavy atom. The van der Waals surface area contributed by atoms with E-state index in [1.54, 1.807) is 24.3 Å². The molecule has 4 saturated carbocycles. The van der Waals surface area contributed by atoms with E-state index in [-0.39, 0.29) is 36.6 Å². The first-order valence-corrected chi connectivity index (χ1v) is 10.5. The fourth-order valence-corrected chi connectivity index (χ4v) is 6.05. The van der Waals surface area contributed by atoms with Crippen LogP contribution in [-0.4, -0.2) is 30.8 Å². The third-order valence-corrected chi connectivity index (χ3v) is 6.84. The van der Waals surface area contributed by atoms with Crippen LogP contribution in [0.25, 0.3) is 0 Å². The highest BCUT2D eigenvalue weighted by molar-refractivity contribution is 5.97. The number of hydrogen-bond donors (Lipinski definition) is 1. The summed E-state index contributed by atoms with van der Waals surface area (Å²) in [6, 6.07) is 8.88. The van der Waals surface area contributed by atoms with Gasteiger partial charge in [-0.25, -0.2) is 0 Å². The van der Waals surface area contributed by atoms with Crippen LogP contribution in [0.5, 0.6) is 0 Å². The summed E-state index contributed by atoms with van der Waals surface area (Å²) in [7, 11) is 0. The molecule has 5 rings (SSSR count). The third-order valence-electron chi connectivity index (χ3n) is 6.84. The Labute approximate surface area is 166 Å². The minimum absolute atomic E-state index is 0.00398. The maximum atomic E-state index is 12.1. The Kier molecular flexibility index (Phi) is 5.51. The fourth-order valence-electron chi connectivity index (χ4n) is 6.05. The van der Waals surface area contributed by atoms with Crippen molar-refractivity contribution in [3.05, 3.63) is 35.9 Å². The van der Waals surface area contributed by atoms with E-state index in [1.807, 2.05) is 6.07 Å². The van der Waals surface area contributed by atoms with Crippen LogP contribution in [0.4, 0.5) is 0 Å². The van der Waals surface area contributed by atoms with Crippen LogP contribution in [0, 0.1) is 23.2 Å². The highest BCUT2D eigenvalue weighted by Gasteiger charge is 2.50. The highest BCUT2D eigenvalue weighted by atomic mass is 16.5. The monoisotopic (exact) mass is 383 g/mol. The number of benzene rings is 1. The van der Waals surface area contributed by atoms with E-state index in [0.717, 1.165) is 17.8 Å². The van der Waals surface area contributed by atoms with Gasteiger partial charge in [0, 0.05) is 18.5 Å². The zero-order valence-electron chi connectivity index (χ0n) is 16.3. The number of esters is 1.